The average molecular weight is 293 g/mol. The van der Waals surface area contributed by atoms with Crippen molar-refractivity contribution in [3.05, 3.63) is 0 Å². The minimum Gasteiger partial charge on any atom is -0.340 e. The van der Waals surface area contributed by atoms with E-state index in [9.17, 15) is 4.79 Å². The molecule has 3 rings (SSSR count). The number of piperazine rings is 1. The minimum absolute atomic E-state index is 0.117. The Morgan fingerprint density at radius 2 is 1.86 bits per heavy atom. The lowest BCUT2D eigenvalue weighted by atomic mass is 9.77. The van der Waals surface area contributed by atoms with Crippen LogP contribution in [0.1, 0.15) is 51.9 Å². The highest BCUT2D eigenvalue weighted by atomic mass is 16.2. The Morgan fingerprint density at radius 1 is 1.14 bits per heavy atom. The molecule has 1 saturated carbocycles. The van der Waals surface area contributed by atoms with Gasteiger partial charge in [-0.15, -0.1) is 0 Å². The fourth-order valence-electron chi connectivity index (χ4n) is 4.50. The van der Waals surface area contributed by atoms with E-state index in [0.717, 1.165) is 64.6 Å². The molecule has 4 nitrogen and oxygen atoms in total. The predicted octanol–water partition coefficient (Wildman–Crippen LogP) is 1.85. The maximum absolute atomic E-state index is 13.0. The van der Waals surface area contributed by atoms with E-state index in [0.29, 0.717) is 5.91 Å². The molecule has 2 aliphatic heterocycles. The van der Waals surface area contributed by atoms with Crippen molar-refractivity contribution in [1.29, 1.82) is 0 Å². The number of nitrogens with one attached hydrogen (secondary N) is 1. The molecule has 0 aromatic rings. The molecule has 21 heavy (non-hydrogen) atoms. The zero-order valence-corrected chi connectivity index (χ0v) is 13.6. The number of amides is 1. The van der Waals surface area contributed by atoms with E-state index in [1.54, 1.807) is 0 Å². The minimum atomic E-state index is -0.117. The SMILES string of the molecule is CCC1(C(=O)N2CCN(C3CCCC3)CC2)CCCNC1. The molecule has 3 aliphatic rings. The highest BCUT2D eigenvalue weighted by Gasteiger charge is 2.41. The maximum Gasteiger partial charge on any atom is 0.230 e. The number of carbonyl (C=O) groups excluding carboxylic acids is 1. The summed E-state index contributed by atoms with van der Waals surface area (Å²) in [7, 11) is 0. The van der Waals surface area contributed by atoms with Gasteiger partial charge in [-0.2, -0.15) is 0 Å². The van der Waals surface area contributed by atoms with Crippen LogP contribution in [0.5, 0.6) is 0 Å². The van der Waals surface area contributed by atoms with Crippen LogP contribution in [0.25, 0.3) is 0 Å². The van der Waals surface area contributed by atoms with Gasteiger partial charge in [-0.1, -0.05) is 19.8 Å². The van der Waals surface area contributed by atoms with Gasteiger partial charge >= 0.3 is 0 Å². The van der Waals surface area contributed by atoms with Gasteiger partial charge in [0.15, 0.2) is 0 Å². The third-order valence-corrected chi connectivity index (χ3v) is 6.05. The Labute approximate surface area is 129 Å². The fourth-order valence-corrected chi connectivity index (χ4v) is 4.50. The first-order valence-electron chi connectivity index (χ1n) is 8.99. The number of hydrogen-bond acceptors (Lipinski definition) is 3. The molecule has 1 aliphatic carbocycles. The van der Waals surface area contributed by atoms with Gasteiger partial charge in [0.05, 0.1) is 5.41 Å². The summed E-state index contributed by atoms with van der Waals surface area (Å²) in [5.41, 5.74) is -0.117. The molecule has 1 N–H and O–H groups in total. The smallest absolute Gasteiger partial charge is 0.230 e. The largest absolute Gasteiger partial charge is 0.340 e. The van der Waals surface area contributed by atoms with E-state index in [2.05, 4.69) is 22.0 Å². The van der Waals surface area contributed by atoms with Crippen molar-refractivity contribution in [2.75, 3.05) is 39.3 Å². The summed E-state index contributed by atoms with van der Waals surface area (Å²) in [6, 6.07) is 0.804. The van der Waals surface area contributed by atoms with Gasteiger partial charge in [-0.3, -0.25) is 9.69 Å². The molecule has 0 aromatic carbocycles. The summed E-state index contributed by atoms with van der Waals surface area (Å²) in [6.45, 7) is 8.19. The molecule has 0 radical (unpaired) electrons. The quantitative estimate of drug-likeness (QED) is 0.862. The van der Waals surface area contributed by atoms with Gasteiger partial charge in [-0.05, 0) is 38.6 Å². The third-order valence-electron chi connectivity index (χ3n) is 6.05. The van der Waals surface area contributed by atoms with E-state index in [1.807, 2.05) is 0 Å². The summed E-state index contributed by atoms with van der Waals surface area (Å²) in [5, 5.41) is 3.44. The van der Waals surface area contributed by atoms with E-state index in [4.69, 9.17) is 0 Å². The van der Waals surface area contributed by atoms with Crippen LogP contribution in [0.2, 0.25) is 0 Å². The zero-order valence-electron chi connectivity index (χ0n) is 13.6. The Morgan fingerprint density at radius 3 is 2.43 bits per heavy atom. The standard InChI is InChI=1S/C17H31N3O/c1-2-17(8-5-9-18-14-17)16(21)20-12-10-19(11-13-20)15-6-3-4-7-15/h15,18H,2-14H2,1H3. The number of hydrogen-bond donors (Lipinski definition) is 1. The van der Waals surface area contributed by atoms with Crippen LogP contribution in [0.3, 0.4) is 0 Å². The molecule has 2 heterocycles. The highest BCUT2D eigenvalue weighted by molar-refractivity contribution is 5.83. The van der Waals surface area contributed by atoms with Crippen LogP contribution >= 0.6 is 0 Å². The summed E-state index contributed by atoms with van der Waals surface area (Å²) in [5.74, 6) is 0.420. The summed E-state index contributed by atoms with van der Waals surface area (Å²) < 4.78 is 0. The lowest BCUT2D eigenvalue weighted by molar-refractivity contribution is -0.145. The molecular formula is C17H31N3O. The first kappa shape index (κ1) is 15.3. The summed E-state index contributed by atoms with van der Waals surface area (Å²) in [6.07, 6.45) is 8.72. The summed E-state index contributed by atoms with van der Waals surface area (Å²) in [4.78, 5) is 17.8. The Balaban J connectivity index is 1.56. The van der Waals surface area contributed by atoms with E-state index in [-0.39, 0.29) is 5.41 Å². The van der Waals surface area contributed by atoms with Gasteiger partial charge in [0.25, 0.3) is 0 Å². The van der Waals surface area contributed by atoms with E-state index >= 15 is 0 Å². The van der Waals surface area contributed by atoms with Crippen LogP contribution in [-0.2, 0) is 4.79 Å². The zero-order chi connectivity index (χ0) is 14.7. The van der Waals surface area contributed by atoms with Crippen molar-refractivity contribution >= 4 is 5.91 Å². The molecule has 1 atom stereocenters. The monoisotopic (exact) mass is 293 g/mol. The van der Waals surface area contributed by atoms with Crippen LogP contribution in [0, 0.1) is 5.41 Å². The predicted molar refractivity (Wildman–Crippen MR) is 85.2 cm³/mol. The molecule has 120 valence electrons. The lowest BCUT2D eigenvalue weighted by Crippen LogP contribution is -2.57. The second kappa shape index (κ2) is 6.66. The van der Waals surface area contributed by atoms with Gasteiger partial charge in [0, 0.05) is 38.8 Å². The van der Waals surface area contributed by atoms with Crippen LogP contribution < -0.4 is 5.32 Å². The van der Waals surface area contributed by atoms with Gasteiger partial charge < -0.3 is 10.2 Å². The van der Waals surface area contributed by atoms with Crippen LogP contribution in [-0.4, -0.2) is 61.0 Å². The van der Waals surface area contributed by atoms with E-state index < -0.39 is 0 Å². The first-order valence-corrected chi connectivity index (χ1v) is 8.99. The van der Waals surface area contributed by atoms with E-state index in [1.165, 1.54) is 25.7 Å². The number of nitrogens with zero attached hydrogens (tertiary/aromatic N) is 2. The Kier molecular flexibility index (Phi) is 4.85. The van der Waals surface area contributed by atoms with Crippen LogP contribution in [0.4, 0.5) is 0 Å². The average Bonchev–Trinajstić information content (AvgIpc) is 3.09. The molecule has 0 aromatic heterocycles. The fraction of sp³-hybridized carbons (Fsp3) is 0.941. The Hall–Kier alpha value is -0.610. The van der Waals surface area contributed by atoms with Crippen molar-refractivity contribution < 1.29 is 4.79 Å². The molecule has 1 amide bonds. The second-order valence-corrected chi connectivity index (χ2v) is 7.18. The number of rotatable bonds is 3. The molecule has 0 spiro atoms. The van der Waals surface area contributed by atoms with Crippen molar-refractivity contribution in [2.24, 2.45) is 5.41 Å². The van der Waals surface area contributed by atoms with Crippen molar-refractivity contribution in [1.82, 2.24) is 15.1 Å². The molecule has 4 heteroatoms. The van der Waals surface area contributed by atoms with Crippen molar-refractivity contribution in [3.63, 3.8) is 0 Å². The number of piperidine rings is 1. The normalized spacial score (nSPS) is 32.5. The molecule has 3 fully saturated rings. The number of carbonyl (C=O) groups is 1. The Bertz CT molecular complexity index is 351. The lowest BCUT2D eigenvalue weighted by Gasteiger charge is -2.44. The van der Waals surface area contributed by atoms with Crippen LogP contribution in [0.15, 0.2) is 0 Å². The second-order valence-electron chi connectivity index (χ2n) is 7.18. The topological polar surface area (TPSA) is 35.6 Å². The first-order chi connectivity index (χ1) is 10.2. The summed E-state index contributed by atoms with van der Waals surface area (Å²) >= 11 is 0. The molecular weight excluding hydrogens is 262 g/mol. The van der Waals surface area contributed by atoms with Crippen molar-refractivity contribution in [3.8, 4) is 0 Å². The van der Waals surface area contributed by atoms with Crippen molar-refractivity contribution in [2.45, 2.75) is 57.9 Å². The molecule has 2 saturated heterocycles. The molecule has 0 bridgehead atoms. The highest BCUT2D eigenvalue weighted by Crippen LogP contribution is 2.33. The third kappa shape index (κ3) is 3.11. The molecule has 1 unspecified atom stereocenters. The van der Waals surface area contributed by atoms with Gasteiger partial charge in [0.1, 0.15) is 0 Å². The van der Waals surface area contributed by atoms with Gasteiger partial charge in [-0.25, -0.2) is 0 Å². The van der Waals surface area contributed by atoms with Gasteiger partial charge in [0.2, 0.25) is 5.91 Å². The maximum atomic E-state index is 13.0.